The number of halogens is 2. The molecule has 1 atom stereocenters. The van der Waals surface area contributed by atoms with Gasteiger partial charge < -0.3 is 0 Å². The Morgan fingerprint density at radius 3 is 2.48 bits per heavy atom. The van der Waals surface area contributed by atoms with E-state index >= 15 is 0 Å². The van der Waals surface area contributed by atoms with Gasteiger partial charge in [-0.15, -0.1) is 0 Å². The van der Waals surface area contributed by atoms with Crippen molar-refractivity contribution in [2.75, 3.05) is 12.0 Å². The van der Waals surface area contributed by atoms with E-state index in [2.05, 4.69) is 4.98 Å². The molecule has 0 saturated heterocycles. The predicted octanol–water partition coefficient (Wildman–Crippen LogP) is 1.37. The first-order valence-electron chi connectivity index (χ1n) is 5.98. The second kappa shape index (κ2) is 6.36. The zero-order valence-electron chi connectivity index (χ0n) is 11.1. The van der Waals surface area contributed by atoms with E-state index in [1.165, 1.54) is 30.5 Å². The maximum Gasteiger partial charge on any atom is 0.329 e. The molecule has 0 aliphatic carbocycles. The van der Waals surface area contributed by atoms with Crippen molar-refractivity contribution in [1.82, 2.24) is 9.55 Å². The minimum absolute atomic E-state index is 0.0165. The second-order valence-electron chi connectivity index (χ2n) is 4.36. The summed E-state index contributed by atoms with van der Waals surface area (Å²) in [6, 6.07) is 5.19. The van der Waals surface area contributed by atoms with Gasteiger partial charge in [0, 0.05) is 29.4 Å². The number of rotatable bonds is 4. The van der Waals surface area contributed by atoms with Crippen LogP contribution in [0.5, 0.6) is 0 Å². The van der Waals surface area contributed by atoms with Crippen LogP contribution in [0.1, 0.15) is 0 Å². The van der Waals surface area contributed by atoms with Gasteiger partial charge in [0.2, 0.25) is 0 Å². The number of nitrogens with zero attached hydrogens (tertiary/aromatic N) is 1. The van der Waals surface area contributed by atoms with E-state index in [1.54, 1.807) is 0 Å². The Kier molecular flexibility index (Phi) is 4.74. The first-order chi connectivity index (χ1) is 9.90. The van der Waals surface area contributed by atoms with Gasteiger partial charge in [-0.2, -0.15) is 0 Å². The Bertz CT molecular complexity index is 799. The van der Waals surface area contributed by atoms with Gasteiger partial charge >= 0.3 is 5.69 Å². The molecule has 0 fully saturated rings. The van der Waals surface area contributed by atoms with Crippen LogP contribution < -0.4 is 11.2 Å². The predicted molar refractivity (Wildman–Crippen MR) is 80.7 cm³/mol. The summed E-state index contributed by atoms with van der Waals surface area (Å²) >= 11 is 5.92. The summed E-state index contributed by atoms with van der Waals surface area (Å²) in [6.07, 6.45) is 1.48. The lowest BCUT2D eigenvalue weighted by atomic mass is 10.1. The molecule has 1 aromatic heterocycles. The van der Waals surface area contributed by atoms with Crippen molar-refractivity contribution in [3.8, 4) is 11.1 Å². The Balaban J connectivity index is 2.59. The number of hydrogen-bond acceptors (Lipinski definition) is 3. The van der Waals surface area contributed by atoms with Crippen molar-refractivity contribution in [3.63, 3.8) is 0 Å². The summed E-state index contributed by atoms with van der Waals surface area (Å²) < 4.78 is 25.0. The molecular formula is C13H12ClFN2O3S. The minimum Gasteiger partial charge on any atom is -0.297 e. The minimum atomic E-state index is -1.14. The van der Waals surface area contributed by atoms with Gasteiger partial charge in [0.05, 0.1) is 5.56 Å². The maximum atomic E-state index is 12.9. The Morgan fingerprint density at radius 2 is 1.90 bits per heavy atom. The van der Waals surface area contributed by atoms with Crippen molar-refractivity contribution < 1.29 is 8.60 Å². The van der Waals surface area contributed by atoms with Crippen LogP contribution in [0.3, 0.4) is 0 Å². The Labute approximate surface area is 126 Å². The van der Waals surface area contributed by atoms with Gasteiger partial charge in [-0.25, -0.2) is 9.18 Å². The molecule has 1 N–H and O–H groups in total. The summed E-state index contributed by atoms with van der Waals surface area (Å²) in [5, 5.41) is -0.106. The average molecular weight is 331 g/mol. The zero-order valence-corrected chi connectivity index (χ0v) is 12.6. The van der Waals surface area contributed by atoms with Crippen LogP contribution in [0.2, 0.25) is 5.15 Å². The SMILES string of the molecule is CS(=O)CCn1c(=O)[nH]c(Cl)c(-c2ccc(F)cc2)c1=O. The Hall–Kier alpha value is -1.73. The highest BCUT2D eigenvalue weighted by atomic mass is 35.5. The van der Waals surface area contributed by atoms with Crippen LogP contribution in [0.4, 0.5) is 4.39 Å². The van der Waals surface area contributed by atoms with E-state index in [1.807, 2.05) is 0 Å². The number of aromatic amines is 1. The molecule has 21 heavy (non-hydrogen) atoms. The summed E-state index contributed by atoms with van der Waals surface area (Å²) in [7, 11) is -1.14. The number of nitrogens with one attached hydrogen (secondary N) is 1. The van der Waals surface area contributed by atoms with Gasteiger partial charge in [0.1, 0.15) is 11.0 Å². The van der Waals surface area contributed by atoms with Crippen LogP contribution in [-0.2, 0) is 17.3 Å². The zero-order chi connectivity index (χ0) is 15.6. The van der Waals surface area contributed by atoms with Crippen molar-refractivity contribution in [2.45, 2.75) is 6.54 Å². The third-order valence-electron chi connectivity index (χ3n) is 2.88. The van der Waals surface area contributed by atoms with Crippen LogP contribution in [0.25, 0.3) is 11.1 Å². The van der Waals surface area contributed by atoms with E-state index in [0.717, 1.165) is 4.57 Å². The number of hydrogen-bond donors (Lipinski definition) is 1. The molecule has 0 aliphatic rings. The molecule has 5 nitrogen and oxygen atoms in total. The molecule has 0 radical (unpaired) electrons. The standard InChI is InChI=1S/C13H12ClFN2O3S/c1-21(20)7-6-17-12(18)10(11(14)16-13(17)19)8-2-4-9(15)5-3-8/h2-5H,6-7H2,1H3,(H,16,19). The molecule has 0 bridgehead atoms. The fraction of sp³-hybridized carbons (Fsp3) is 0.231. The number of H-pyrrole nitrogens is 1. The fourth-order valence-electron chi connectivity index (χ4n) is 1.83. The lowest BCUT2D eigenvalue weighted by Crippen LogP contribution is -2.37. The lowest BCUT2D eigenvalue weighted by Gasteiger charge is -2.08. The molecule has 1 unspecified atom stereocenters. The van der Waals surface area contributed by atoms with Gasteiger partial charge in [-0.1, -0.05) is 23.7 Å². The number of aromatic nitrogens is 2. The van der Waals surface area contributed by atoms with Crippen molar-refractivity contribution in [2.24, 2.45) is 0 Å². The van der Waals surface area contributed by atoms with E-state index < -0.39 is 27.9 Å². The van der Waals surface area contributed by atoms with Gasteiger partial charge in [0.15, 0.2) is 0 Å². The first kappa shape index (κ1) is 15.7. The van der Waals surface area contributed by atoms with Crippen LogP contribution >= 0.6 is 11.6 Å². The van der Waals surface area contributed by atoms with Gasteiger partial charge in [0.25, 0.3) is 5.56 Å². The highest BCUT2D eigenvalue weighted by molar-refractivity contribution is 7.84. The molecule has 2 aromatic rings. The van der Waals surface area contributed by atoms with Crippen molar-refractivity contribution in [1.29, 1.82) is 0 Å². The molecule has 8 heteroatoms. The summed E-state index contributed by atoms with van der Waals surface area (Å²) in [6.45, 7) is 0.0165. The molecule has 1 heterocycles. The molecule has 0 saturated carbocycles. The van der Waals surface area contributed by atoms with Crippen LogP contribution in [0.15, 0.2) is 33.9 Å². The molecule has 0 amide bonds. The Morgan fingerprint density at radius 1 is 1.29 bits per heavy atom. The average Bonchev–Trinajstić information content (AvgIpc) is 2.40. The van der Waals surface area contributed by atoms with Crippen molar-refractivity contribution in [3.05, 3.63) is 56.1 Å². The normalized spacial score (nSPS) is 12.3. The highest BCUT2D eigenvalue weighted by Gasteiger charge is 2.14. The fourth-order valence-corrected chi connectivity index (χ4v) is 2.55. The highest BCUT2D eigenvalue weighted by Crippen LogP contribution is 2.21. The topological polar surface area (TPSA) is 71.9 Å². The maximum absolute atomic E-state index is 12.9. The smallest absolute Gasteiger partial charge is 0.297 e. The van der Waals surface area contributed by atoms with Crippen molar-refractivity contribution >= 4 is 22.4 Å². The molecule has 2 rings (SSSR count). The first-order valence-corrected chi connectivity index (χ1v) is 8.09. The number of benzene rings is 1. The molecule has 0 aliphatic heterocycles. The van der Waals surface area contributed by atoms with E-state index in [4.69, 9.17) is 11.6 Å². The quantitative estimate of drug-likeness (QED) is 0.861. The lowest BCUT2D eigenvalue weighted by molar-refractivity contribution is 0.628. The van der Waals surface area contributed by atoms with Gasteiger partial charge in [-0.3, -0.25) is 18.6 Å². The monoisotopic (exact) mass is 330 g/mol. The summed E-state index contributed by atoms with van der Waals surface area (Å²) in [4.78, 5) is 26.5. The van der Waals surface area contributed by atoms with E-state index in [0.29, 0.717) is 5.56 Å². The second-order valence-corrected chi connectivity index (χ2v) is 6.29. The molecular weight excluding hydrogens is 319 g/mol. The van der Waals surface area contributed by atoms with E-state index in [9.17, 15) is 18.2 Å². The summed E-state index contributed by atoms with van der Waals surface area (Å²) in [5.74, 6) is -0.269. The third-order valence-corrected chi connectivity index (χ3v) is 3.92. The van der Waals surface area contributed by atoms with Gasteiger partial charge in [-0.05, 0) is 17.7 Å². The van der Waals surface area contributed by atoms with E-state index in [-0.39, 0.29) is 23.0 Å². The molecule has 0 spiro atoms. The summed E-state index contributed by atoms with van der Waals surface area (Å²) in [5.41, 5.74) is -0.783. The third kappa shape index (κ3) is 3.48. The van der Waals surface area contributed by atoms with Crippen LogP contribution in [-0.4, -0.2) is 25.8 Å². The largest absolute Gasteiger partial charge is 0.329 e. The molecule has 112 valence electrons. The van der Waals surface area contributed by atoms with Crippen LogP contribution in [0, 0.1) is 5.82 Å². The molecule has 1 aromatic carbocycles.